The maximum absolute atomic E-state index is 6.72. The molecule has 90 heavy (non-hydrogen) atoms. The van der Waals surface area contributed by atoms with Crippen molar-refractivity contribution in [2.75, 3.05) is 42.7 Å². The van der Waals surface area contributed by atoms with Gasteiger partial charge >= 0.3 is 0 Å². The molecule has 0 fully saturated rings. The van der Waals surface area contributed by atoms with Gasteiger partial charge < -0.3 is 28.4 Å². The minimum atomic E-state index is 0.506. The molecule has 444 valence electrons. The van der Waals surface area contributed by atoms with E-state index in [1.54, 1.807) is 42.7 Å². The standard InChI is InChI=1S/C84H72O6/c1-85-79-67-37-61(55-25-13-7-14-26-55)38-68(79)50-70-40-63(57-29-17-9-18-30-57)42-72(81(70)87-3)52-74-44-65(59-33-21-11-22-34-59)46-76(83(74)89-5)54-78-48-66(60-35-23-12-24-36-60)47-77(84(78)90-6)53-75-45-64(58-31-19-10-20-32-58)43-73(82(75)88-4)51-71-41-62(56-27-15-8-16-28-56)39-69(49-67)80(71)86-2/h7-48H,49-54H2,1-6H3. The van der Waals surface area contributed by atoms with Crippen molar-refractivity contribution in [2.24, 2.45) is 0 Å². The van der Waals surface area contributed by atoms with E-state index >= 15 is 0 Å². The first-order valence-electron chi connectivity index (χ1n) is 30.8. The van der Waals surface area contributed by atoms with Gasteiger partial charge in [-0.2, -0.15) is 0 Å². The highest BCUT2D eigenvalue weighted by Gasteiger charge is 2.26. The van der Waals surface area contributed by atoms with E-state index in [0.29, 0.717) is 38.5 Å². The molecule has 0 unspecified atom stereocenters. The van der Waals surface area contributed by atoms with Gasteiger partial charge in [0.15, 0.2) is 0 Å². The van der Waals surface area contributed by atoms with Crippen LogP contribution in [0.2, 0.25) is 0 Å². The number of benzene rings is 12. The second kappa shape index (κ2) is 26.4. The lowest BCUT2D eigenvalue weighted by Crippen LogP contribution is -2.08. The second-order valence-electron chi connectivity index (χ2n) is 23.2. The van der Waals surface area contributed by atoms with Crippen molar-refractivity contribution in [2.45, 2.75) is 38.5 Å². The van der Waals surface area contributed by atoms with E-state index in [0.717, 1.165) is 168 Å². The molecule has 0 atom stereocenters. The van der Waals surface area contributed by atoms with Crippen molar-refractivity contribution in [1.29, 1.82) is 0 Å². The van der Waals surface area contributed by atoms with Crippen molar-refractivity contribution in [3.63, 3.8) is 0 Å². The van der Waals surface area contributed by atoms with Crippen LogP contribution >= 0.6 is 0 Å². The van der Waals surface area contributed by atoms with Gasteiger partial charge in [-0.1, -0.05) is 182 Å². The molecule has 0 radical (unpaired) electrons. The number of fused-ring (bicyclic) bond motifs is 12. The lowest BCUT2D eigenvalue weighted by molar-refractivity contribution is 0.396. The highest BCUT2D eigenvalue weighted by Crippen LogP contribution is 2.46. The summed E-state index contributed by atoms with van der Waals surface area (Å²) in [6.07, 6.45) is 3.04. The van der Waals surface area contributed by atoms with Crippen LogP contribution < -0.4 is 28.4 Å². The van der Waals surface area contributed by atoms with Crippen LogP contribution in [0.4, 0.5) is 0 Å². The SMILES string of the molecule is COc1c2cc(-c3ccccc3)cc1Cc1cc(-c3ccccc3)cc(c1OC)Cc1cc(-c3ccccc3)cc(c1OC)Cc1cc(-c3ccccc3)cc(c1OC)Cc1cc(-c3ccccc3)cc(c1OC)Cc1cc(-c3ccccc3)cc(c1OC)C2. The Bertz CT molecular complexity index is 3610. The van der Waals surface area contributed by atoms with Crippen LogP contribution in [-0.4, -0.2) is 42.7 Å². The average molecular weight is 1180 g/mol. The quantitative estimate of drug-likeness (QED) is 0.122. The summed E-state index contributed by atoms with van der Waals surface area (Å²) in [7, 11) is 10.8. The fourth-order valence-corrected chi connectivity index (χ4v) is 13.7. The average Bonchev–Trinajstić information content (AvgIpc) is 0.889. The van der Waals surface area contributed by atoms with Gasteiger partial charge in [-0.15, -0.1) is 0 Å². The Morgan fingerprint density at radius 3 is 0.367 bits per heavy atom. The Balaban J connectivity index is 1.12. The van der Waals surface area contributed by atoms with E-state index in [4.69, 9.17) is 28.4 Å². The predicted molar refractivity (Wildman–Crippen MR) is 367 cm³/mol. The van der Waals surface area contributed by atoms with Gasteiger partial charge in [-0.25, -0.2) is 0 Å². The smallest absolute Gasteiger partial charge is 0.125 e. The molecule has 0 aromatic heterocycles. The number of hydrogen-bond donors (Lipinski definition) is 0. The zero-order valence-electron chi connectivity index (χ0n) is 51.9. The first-order chi connectivity index (χ1) is 44.3. The highest BCUT2D eigenvalue weighted by molar-refractivity contribution is 5.77. The summed E-state index contributed by atoms with van der Waals surface area (Å²) in [5.41, 5.74) is 25.5. The van der Waals surface area contributed by atoms with Crippen molar-refractivity contribution in [3.8, 4) is 101 Å². The molecule has 0 N–H and O–H groups in total. The van der Waals surface area contributed by atoms with Gasteiger partial charge in [-0.3, -0.25) is 0 Å². The molecule has 6 nitrogen and oxygen atoms in total. The fraction of sp³-hybridized carbons (Fsp3) is 0.143. The molecule has 0 saturated heterocycles. The Morgan fingerprint density at radius 1 is 0.156 bits per heavy atom. The van der Waals surface area contributed by atoms with Crippen LogP contribution in [0.15, 0.2) is 255 Å². The highest BCUT2D eigenvalue weighted by atomic mass is 16.5. The van der Waals surface area contributed by atoms with E-state index in [1.807, 2.05) is 0 Å². The van der Waals surface area contributed by atoms with Crippen molar-refractivity contribution in [1.82, 2.24) is 0 Å². The van der Waals surface area contributed by atoms with Gasteiger partial charge in [0.1, 0.15) is 34.5 Å². The van der Waals surface area contributed by atoms with Crippen LogP contribution in [0, 0.1) is 0 Å². The van der Waals surface area contributed by atoms with Crippen molar-refractivity contribution < 1.29 is 28.4 Å². The van der Waals surface area contributed by atoms with E-state index < -0.39 is 0 Å². The third kappa shape index (κ3) is 12.1. The maximum Gasteiger partial charge on any atom is 0.125 e. The summed E-state index contributed by atoms with van der Waals surface area (Å²) < 4.78 is 40.3. The van der Waals surface area contributed by atoms with Crippen molar-refractivity contribution in [3.05, 3.63) is 322 Å². The molecule has 12 aromatic rings. The largest absolute Gasteiger partial charge is 0.496 e. The Kier molecular flexibility index (Phi) is 17.2. The molecular formula is C84H72O6. The number of hydrogen-bond acceptors (Lipinski definition) is 6. The fourth-order valence-electron chi connectivity index (χ4n) is 13.7. The summed E-state index contributed by atoms with van der Waals surface area (Å²) in [5, 5.41) is 0. The monoisotopic (exact) mass is 1180 g/mol. The second-order valence-corrected chi connectivity index (χ2v) is 23.2. The van der Waals surface area contributed by atoms with Crippen molar-refractivity contribution >= 4 is 0 Å². The number of rotatable bonds is 12. The minimum absolute atomic E-state index is 0.506. The summed E-state index contributed by atoms with van der Waals surface area (Å²) in [5.74, 6) is 4.86. The molecule has 0 spiro atoms. The zero-order valence-corrected chi connectivity index (χ0v) is 51.9. The molecule has 1 aliphatic rings. The molecule has 0 aliphatic heterocycles. The topological polar surface area (TPSA) is 55.4 Å². The van der Waals surface area contributed by atoms with Gasteiger partial charge in [0.2, 0.25) is 0 Å². The van der Waals surface area contributed by atoms with Gasteiger partial charge in [0, 0.05) is 38.5 Å². The summed E-state index contributed by atoms with van der Waals surface area (Å²) in [4.78, 5) is 0. The molecule has 13 rings (SSSR count). The summed E-state index contributed by atoms with van der Waals surface area (Å²) >= 11 is 0. The molecule has 12 bridgehead atoms. The van der Waals surface area contributed by atoms with Crippen LogP contribution in [-0.2, 0) is 38.5 Å². The van der Waals surface area contributed by atoms with Crippen LogP contribution in [0.25, 0.3) is 66.8 Å². The predicted octanol–water partition coefficient (Wildman–Crippen LogP) is 19.6. The molecule has 1 aliphatic carbocycles. The summed E-state index contributed by atoms with van der Waals surface area (Å²) in [6.45, 7) is 0. The third-order valence-electron chi connectivity index (χ3n) is 17.6. The molecule has 6 heteroatoms. The normalized spacial score (nSPS) is 12.1. The molecule has 12 aromatic carbocycles. The van der Waals surface area contributed by atoms with Crippen LogP contribution in [0.1, 0.15) is 66.8 Å². The van der Waals surface area contributed by atoms with E-state index in [-0.39, 0.29) is 0 Å². The van der Waals surface area contributed by atoms with Crippen LogP contribution in [0.3, 0.4) is 0 Å². The van der Waals surface area contributed by atoms with Crippen LogP contribution in [0.5, 0.6) is 34.5 Å². The minimum Gasteiger partial charge on any atom is -0.496 e. The van der Waals surface area contributed by atoms with Gasteiger partial charge in [0.25, 0.3) is 0 Å². The van der Waals surface area contributed by atoms with E-state index in [2.05, 4.69) is 255 Å². The zero-order chi connectivity index (χ0) is 61.5. The lowest BCUT2D eigenvalue weighted by atomic mass is 9.86. The first kappa shape index (κ1) is 58.5. The third-order valence-corrected chi connectivity index (χ3v) is 17.6. The molecule has 0 amide bonds. The molecule has 0 saturated carbocycles. The lowest BCUT2D eigenvalue weighted by Gasteiger charge is -2.23. The number of methoxy groups -OCH3 is 6. The van der Waals surface area contributed by atoms with E-state index in [1.165, 1.54) is 0 Å². The number of ether oxygens (including phenoxy) is 6. The van der Waals surface area contributed by atoms with Gasteiger partial charge in [0.05, 0.1) is 42.7 Å². The maximum atomic E-state index is 6.72. The van der Waals surface area contributed by atoms with E-state index in [9.17, 15) is 0 Å². The molecule has 0 heterocycles. The Hall–Kier alpha value is -10.6. The Labute approximate surface area is 529 Å². The Morgan fingerprint density at radius 2 is 0.267 bits per heavy atom. The molecular weight excluding hydrogens is 1100 g/mol. The first-order valence-corrected chi connectivity index (χ1v) is 30.8. The summed E-state index contributed by atoms with van der Waals surface area (Å²) in [6, 6.07) is 91.5. The van der Waals surface area contributed by atoms with Gasteiger partial charge in [-0.05, 0) is 206 Å².